The highest BCUT2D eigenvalue weighted by atomic mass is 32.2. The van der Waals surface area contributed by atoms with Crippen LogP contribution in [0.3, 0.4) is 0 Å². The number of allylic oxidation sites excluding steroid dienone is 1. The molecule has 8 heteroatoms. The van der Waals surface area contributed by atoms with Crippen LogP contribution in [0.4, 0.5) is 10.8 Å². The van der Waals surface area contributed by atoms with Crippen molar-refractivity contribution in [2.45, 2.75) is 49.8 Å². The third-order valence-corrected chi connectivity index (χ3v) is 7.75. The molecule has 156 valence electrons. The molecule has 2 aromatic rings. The zero-order valence-electron chi connectivity index (χ0n) is 16.5. The van der Waals surface area contributed by atoms with E-state index in [1.165, 1.54) is 11.3 Å². The fourth-order valence-electron chi connectivity index (χ4n) is 3.95. The van der Waals surface area contributed by atoms with Gasteiger partial charge in [0.05, 0.1) is 22.3 Å². The number of nitrogens with zero attached hydrogens (tertiary/aromatic N) is 1. The van der Waals surface area contributed by atoms with E-state index >= 15 is 0 Å². The van der Waals surface area contributed by atoms with E-state index in [9.17, 15) is 13.2 Å². The van der Waals surface area contributed by atoms with Gasteiger partial charge < -0.3 is 11.1 Å². The molecule has 3 rings (SSSR count). The quantitative estimate of drug-likeness (QED) is 0.475. The zero-order chi connectivity index (χ0) is 20.9. The number of carbonyl (C=O) groups is 1. The Morgan fingerprint density at radius 1 is 1.38 bits per heavy atom. The summed E-state index contributed by atoms with van der Waals surface area (Å²) in [7, 11) is -3.66. The van der Waals surface area contributed by atoms with E-state index in [-0.39, 0.29) is 22.2 Å². The number of carbonyl (C=O) groups excluding carboxylic acids is 1. The largest absolute Gasteiger partial charge is 0.398 e. The maximum Gasteiger partial charge on any atom is 0.233 e. The number of thiazole rings is 1. The van der Waals surface area contributed by atoms with Crippen molar-refractivity contribution in [2.24, 2.45) is 5.92 Å². The molecular weight excluding hydrogens is 406 g/mol. The van der Waals surface area contributed by atoms with Gasteiger partial charge in [0.1, 0.15) is 0 Å². The number of amides is 1. The first-order valence-corrected chi connectivity index (χ1v) is 12.4. The van der Waals surface area contributed by atoms with Gasteiger partial charge in [0.2, 0.25) is 5.91 Å². The molecule has 1 amide bonds. The normalized spacial score (nSPS) is 16.3. The standard InChI is InChI=1S/C21H27N3O3S2/c1-2-3-13-29(26,27)19-16(9-6-10-18(19)22)17(14-15-7-4-5-8-15)20(25)24-21-23-11-12-28-21/h2-3,6,9-12,15,17H,4-5,7-8,13-14,22H2,1H3,(H,23,24,25). The molecule has 1 aliphatic rings. The number of anilines is 2. The van der Waals surface area contributed by atoms with Crippen LogP contribution in [0.1, 0.15) is 50.5 Å². The molecule has 0 bridgehead atoms. The van der Waals surface area contributed by atoms with Gasteiger partial charge in [-0.25, -0.2) is 13.4 Å². The number of benzene rings is 1. The lowest BCUT2D eigenvalue weighted by atomic mass is 9.87. The Morgan fingerprint density at radius 3 is 2.79 bits per heavy atom. The molecule has 0 saturated heterocycles. The first-order chi connectivity index (χ1) is 13.9. The van der Waals surface area contributed by atoms with Crippen LogP contribution in [0.15, 0.2) is 46.8 Å². The lowest BCUT2D eigenvalue weighted by Crippen LogP contribution is -2.25. The molecule has 0 aliphatic heterocycles. The number of hydrogen-bond donors (Lipinski definition) is 2. The van der Waals surface area contributed by atoms with Gasteiger partial charge in [-0.2, -0.15) is 0 Å². The summed E-state index contributed by atoms with van der Waals surface area (Å²) in [4.78, 5) is 17.4. The second-order valence-corrected chi connectivity index (χ2v) is 10.2. The molecular formula is C21H27N3O3S2. The zero-order valence-corrected chi connectivity index (χ0v) is 18.1. The van der Waals surface area contributed by atoms with E-state index in [1.54, 1.807) is 48.9 Å². The van der Waals surface area contributed by atoms with Gasteiger partial charge in [0, 0.05) is 11.6 Å². The van der Waals surface area contributed by atoms with Crippen LogP contribution in [0.2, 0.25) is 0 Å². The number of aromatic nitrogens is 1. The number of nitrogen functional groups attached to an aromatic ring is 1. The molecule has 6 nitrogen and oxygen atoms in total. The third-order valence-electron chi connectivity index (χ3n) is 5.34. The third kappa shape index (κ3) is 5.25. The Hall–Kier alpha value is -2.19. The van der Waals surface area contributed by atoms with Crippen molar-refractivity contribution in [3.8, 4) is 0 Å². The summed E-state index contributed by atoms with van der Waals surface area (Å²) >= 11 is 1.34. The van der Waals surface area contributed by atoms with Gasteiger partial charge in [-0.15, -0.1) is 11.3 Å². The number of sulfone groups is 1. The topological polar surface area (TPSA) is 102 Å². The van der Waals surface area contributed by atoms with Crippen LogP contribution < -0.4 is 11.1 Å². The van der Waals surface area contributed by atoms with Crippen molar-refractivity contribution in [3.63, 3.8) is 0 Å². The van der Waals surface area contributed by atoms with Gasteiger partial charge in [0.25, 0.3) is 0 Å². The van der Waals surface area contributed by atoms with Gasteiger partial charge in [-0.3, -0.25) is 4.79 Å². The molecule has 1 atom stereocenters. The maximum atomic E-state index is 13.2. The van der Waals surface area contributed by atoms with E-state index in [0.29, 0.717) is 23.0 Å². The smallest absolute Gasteiger partial charge is 0.233 e. The van der Waals surface area contributed by atoms with Crippen LogP contribution in [-0.4, -0.2) is 25.1 Å². The molecule has 1 fully saturated rings. The number of nitrogens with one attached hydrogen (secondary N) is 1. The molecule has 1 aromatic heterocycles. The SMILES string of the molecule is CC=CCS(=O)(=O)c1c(N)cccc1C(CC1CCCC1)C(=O)Nc1nccs1. The van der Waals surface area contributed by atoms with E-state index in [2.05, 4.69) is 10.3 Å². The average molecular weight is 434 g/mol. The van der Waals surface area contributed by atoms with Crippen molar-refractivity contribution in [1.29, 1.82) is 0 Å². The second kappa shape index (κ2) is 9.54. The maximum absolute atomic E-state index is 13.2. The summed E-state index contributed by atoms with van der Waals surface area (Å²) in [6.07, 6.45) is 9.93. The van der Waals surface area contributed by atoms with Crippen LogP contribution in [0, 0.1) is 5.92 Å². The highest BCUT2D eigenvalue weighted by Gasteiger charge is 2.32. The summed E-state index contributed by atoms with van der Waals surface area (Å²) in [5.74, 6) is -0.579. The highest BCUT2D eigenvalue weighted by molar-refractivity contribution is 7.91. The van der Waals surface area contributed by atoms with Crippen LogP contribution in [-0.2, 0) is 14.6 Å². The monoisotopic (exact) mass is 433 g/mol. The van der Waals surface area contributed by atoms with E-state index in [1.807, 2.05) is 0 Å². The first-order valence-electron chi connectivity index (χ1n) is 9.85. The summed E-state index contributed by atoms with van der Waals surface area (Å²) in [5.41, 5.74) is 6.78. The van der Waals surface area contributed by atoms with Crippen molar-refractivity contribution >= 4 is 37.9 Å². The number of rotatable bonds is 8. The number of nitrogens with two attached hydrogens (primary N) is 1. The van der Waals surface area contributed by atoms with Gasteiger partial charge in [-0.1, -0.05) is 50.0 Å². The van der Waals surface area contributed by atoms with Crippen molar-refractivity contribution in [3.05, 3.63) is 47.5 Å². The molecule has 1 heterocycles. The Labute approximate surface area is 176 Å². The summed E-state index contributed by atoms with van der Waals surface area (Å²) < 4.78 is 26.1. The lowest BCUT2D eigenvalue weighted by molar-refractivity contribution is -0.118. The van der Waals surface area contributed by atoms with Gasteiger partial charge in [-0.05, 0) is 30.9 Å². The summed E-state index contributed by atoms with van der Waals surface area (Å²) in [6.45, 7) is 1.77. The second-order valence-electron chi connectivity index (χ2n) is 7.38. The summed E-state index contributed by atoms with van der Waals surface area (Å²) in [5, 5.41) is 5.15. The minimum atomic E-state index is -3.66. The van der Waals surface area contributed by atoms with Crippen molar-refractivity contribution < 1.29 is 13.2 Å². The summed E-state index contributed by atoms with van der Waals surface area (Å²) in [6, 6.07) is 5.02. The predicted molar refractivity (Wildman–Crippen MR) is 118 cm³/mol. The molecule has 1 aliphatic carbocycles. The molecule has 3 N–H and O–H groups in total. The van der Waals surface area contributed by atoms with Gasteiger partial charge >= 0.3 is 0 Å². The first kappa shape index (κ1) is 21.5. The minimum Gasteiger partial charge on any atom is -0.398 e. The molecule has 0 radical (unpaired) electrons. The molecule has 1 saturated carbocycles. The van der Waals surface area contributed by atoms with Crippen LogP contribution in [0.5, 0.6) is 0 Å². The molecule has 0 spiro atoms. The Kier molecular flexibility index (Phi) is 7.08. The average Bonchev–Trinajstić information content (AvgIpc) is 3.38. The van der Waals surface area contributed by atoms with E-state index in [4.69, 9.17) is 5.73 Å². The molecule has 1 aromatic carbocycles. The Bertz CT molecular complexity index is 963. The Morgan fingerprint density at radius 2 is 2.14 bits per heavy atom. The Balaban J connectivity index is 2.02. The van der Waals surface area contributed by atoms with Gasteiger partial charge in [0.15, 0.2) is 15.0 Å². The fourth-order valence-corrected chi connectivity index (χ4v) is 6.09. The van der Waals surface area contributed by atoms with E-state index < -0.39 is 15.8 Å². The minimum absolute atomic E-state index is 0.0791. The molecule has 29 heavy (non-hydrogen) atoms. The predicted octanol–water partition coefficient (Wildman–Crippen LogP) is 4.38. The van der Waals surface area contributed by atoms with Crippen LogP contribution in [0.25, 0.3) is 0 Å². The van der Waals surface area contributed by atoms with Crippen LogP contribution >= 0.6 is 11.3 Å². The molecule has 1 unspecified atom stereocenters. The lowest BCUT2D eigenvalue weighted by Gasteiger charge is -2.23. The van der Waals surface area contributed by atoms with E-state index in [0.717, 1.165) is 25.7 Å². The fraction of sp³-hybridized carbons (Fsp3) is 0.429. The van der Waals surface area contributed by atoms with Crippen molar-refractivity contribution in [1.82, 2.24) is 4.98 Å². The number of hydrogen-bond acceptors (Lipinski definition) is 6. The van der Waals surface area contributed by atoms with Crippen molar-refractivity contribution in [2.75, 3.05) is 16.8 Å². The highest BCUT2D eigenvalue weighted by Crippen LogP contribution is 2.38.